The van der Waals surface area contributed by atoms with Gasteiger partial charge in [-0.25, -0.2) is 0 Å². The van der Waals surface area contributed by atoms with Crippen molar-refractivity contribution in [2.24, 2.45) is 5.92 Å². The van der Waals surface area contributed by atoms with Gasteiger partial charge in [-0.2, -0.15) is 0 Å². The molecular formula is C13H27NO2. The highest BCUT2D eigenvalue weighted by atomic mass is 16.5. The number of aliphatic hydroxyl groups is 1. The number of hydrogen-bond donors (Lipinski definition) is 1. The predicted octanol–water partition coefficient (Wildman–Crippen LogP) is 1.90. The molecule has 0 amide bonds. The molecule has 3 heteroatoms. The monoisotopic (exact) mass is 229 g/mol. The Morgan fingerprint density at radius 3 is 2.94 bits per heavy atom. The second-order valence-corrected chi connectivity index (χ2v) is 4.85. The highest BCUT2D eigenvalue weighted by molar-refractivity contribution is 4.82. The quantitative estimate of drug-likeness (QED) is 0.645. The van der Waals surface area contributed by atoms with Gasteiger partial charge in [0.2, 0.25) is 0 Å². The highest BCUT2D eigenvalue weighted by Crippen LogP contribution is 2.26. The fourth-order valence-corrected chi connectivity index (χ4v) is 2.77. The van der Waals surface area contributed by atoms with Gasteiger partial charge >= 0.3 is 0 Å². The van der Waals surface area contributed by atoms with Crippen LogP contribution >= 0.6 is 0 Å². The molecule has 1 N–H and O–H groups in total. The second-order valence-electron chi connectivity index (χ2n) is 4.85. The first-order valence-electron chi connectivity index (χ1n) is 6.72. The van der Waals surface area contributed by atoms with Crippen molar-refractivity contribution in [3.63, 3.8) is 0 Å². The number of ether oxygens (including phenoxy) is 1. The lowest BCUT2D eigenvalue weighted by molar-refractivity contribution is 0.0648. The molecule has 96 valence electrons. The Morgan fingerprint density at radius 1 is 1.44 bits per heavy atom. The van der Waals surface area contributed by atoms with Gasteiger partial charge in [0, 0.05) is 12.6 Å². The van der Waals surface area contributed by atoms with Gasteiger partial charge in [-0.15, -0.1) is 0 Å². The van der Waals surface area contributed by atoms with E-state index in [-0.39, 0.29) is 6.61 Å². The van der Waals surface area contributed by atoms with Crippen LogP contribution in [0.1, 0.15) is 39.5 Å². The minimum atomic E-state index is 0.135. The average molecular weight is 229 g/mol. The van der Waals surface area contributed by atoms with E-state index in [0.717, 1.165) is 25.1 Å². The van der Waals surface area contributed by atoms with Crippen molar-refractivity contribution in [3.05, 3.63) is 0 Å². The summed E-state index contributed by atoms with van der Waals surface area (Å²) in [6.07, 6.45) is 5.30. The Hall–Kier alpha value is -0.120. The molecule has 0 bridgehead atoms. The lowest BCUT2D eigenvalue weighted by Gasteiger charge is -2.29. The lowest BCUT2D eigenvalue weighted by Crippen LogP contribution is -2.36. The maximum absolute atomic E-state index is 8.63. The molecule has 1 saturated heterocycles. The molecule has 1 aliphatic heterocycles. The van der Waals surface area contributed by atoms with Crippen molar-refractivity contribution in [1.82, 2.24) is 4.90 Å². The fourth-order valence-electron chi connectivity index (χ4n) is 2.77. The van der Waals surface area contributed by atoms with E-state index in [2.05, 4.69) is 18.7 Å². The SMILES string of the molecule is CCCC(C)C1CCCN1CCOCCO. The summed E-state index contributed by atoms with van der Waals surface area (Å²) < 4.78 is 5.34. The van der Waals surface area contributed by atoms with Gasteiger partial charge < -0.3 is 9.84 Å². The van der Waals surface area contributed by atoms with E-state index in [1.807, 2.05) is 0 Å². The van der Waals surface area contributed by atoms with Gasteiger partial charge in [-0.05, 0) is 31.7 Å². The number of rotatable bonds is 8. The van der Waals surface area contributed by atoms with Crippen LogP contribution in [0.4, 0.5) is 0 Å². The van der Waals surface area contributed by atoms with Crippen molar-refractivity contribution in [2.75, 3.05) is 32.9 Å². The predicted molar refractivity (Wildman–Crippen MR) is 66.6 cm³/mol. The second kappa shape index (κ2) is 8.04. The van der Waals surface area contributed by atoms with E-state index in [1.165, 1.54) is 32.2 Å². The summed E-state index contributed by atoms with van der Waals surface area (Å²) in [7, 11) is 0. The van der Waals surface area contributed by atoms with Crippen LogP contribution in [0, 0.1) is 5.92 Å². The van der Waals surface area contributed by atoms with Crippen LogP contribution in [-0.4, -0.2) is 49.0 Å². The van der Waals surface area contributed by atoms with Crippen LogP contribution in [-0.2, 0) is 4.74 Å². The largest absolute Gasteiger partial charge is 0.394 e. The van der Waals surface area contributed by atoms with Gasteiger partial charge in [0.1, 0.15) is 0 Å². The summed E-state index contributed by atoms with van der Waals surface area (Å²) >= 11 is 0. The number of nitrogens with zero attached hydrogens (tertiary/aromatic N) is 1. The Labute approximate surface area is 99.8 Å². The average Bonchev–Trinajstić information content (AvgIpc) is 2.73. The number of likely N-dealkylation sites (tertiary alicyclic amines) is 1. The Balaban J connectivity index is 2.23. The van der Waals surface area contributed by atoms with Gasteiger partial charge in [0.15, 0.2) is 0 Å². The molecule has 0 aromatic rings. The Kier molecular flexibility index (Phi) is 7.01. The zero-order valence-corrected chi connectivity index (χ0v) is 10.8. The molecule has 0 spiro atoms. The van der Waals surface area contributed by atoms with Crippen molar-refractivity contribution >= 4 is 0 Å². The van der Waals surface area contributed by atoms with Gasteiger partial charge in [0.05, 0.1) is 19.8 Å². The fraction of sp³-hybridized carbons (Fsp3) is 1.00. The van der Waals surface area contributed by atoms with Crippen molar-refractivity contribution < 1.29 is 9.84 Å². The minimum Gasteiger partial charge on any atom is -0.394 e. The standard InChI is InChI=1S/C13H27NO2/c1-3-5-12(2)13-6-4-7-14(13)8-10-16-11-9-15/h12-13,15H,3-11H2,1-2H3. The van der Waals surface area contributed by atoms with Crippen LogP contribution in [0.25, 0.3) is 0 Å². The maximum Gasteiger partial charge on any atom is 0.0698 e. The Morgan fingerprint density at radius 2 is 2.25 bits per heavy atom. The zero-order valence-electron chi connectivity index (χ0n) is 10.8. The van der Waals surface area contributed by atoms with Gasteiger partial charge in [0.25, 0.3) is 0 Å². The number of hydrogen-bond acceptors (Lipinski definition) is 3. The summed E-state index contributed by atoms with van der Waals surface area (Å²) in [5.41, 5.74) is 0. The van der Waals surface area contributed by atoms with Crippen molar-refractivity contribution in [3.8, 4) is 0 Å². The van der Waals surface area contributed by atoms with E-state index in [4.69, 9.17) is 9.84 Å². The first-order valence-corrected chi connectivity index (χ1v) is 6.72. The molecular weight excluding hydrogens is 202 g/mol. The zero-order chi connectivity index (χ0) is 11.8. The summed E-state index contributed by atoms with van der Waals surface area (Å²) in [5, 5.41) is 8.63. The van der Waals surface area contributed by atoms with E-state index < -0.39 is 0 Å². The van der Waals surface area contributed by atoms with Crippen LogP contribution in [0.3, 0.4) is 0 Å². The molecule has 0 saturated carbocycles. The molecule has 1 fully saturated rings. The number of aliphatic hydroxyl groups excluding tert-OH is 1. The topological polar surface area (TPSA) is 32.7 Å². The van der Waals surface area contributed by atoms with E-state index in [9.17, 15) is 0 Å². The smallest absolute Gasteiger partial charge is 0.0698 e. The van der Waals surface area contributed by atoms with Crippen molar-refractivity contribution in [2.45, 2.75) is 45.6 Å². The molecule has 16 heavy (non-hydrogen) atoms. The third kappa shape index (κ3) is 4.40. The van der Waals surface area contributed by atoms with Gasteiger partial charge in [-0.1, -0.05) is 20.3 Å². The molecule has 0 radical (unpaired) electrons. The maximum atomic E-state index is 8.63. The van der Waals surface area contributed by atoms with Crippen LogP contribution < -0.4 is 0 Å². The van der Waals surface area contributed by atoms with Crippen LogP contribution in [0.5, 0.6) is 0 Å². The molecule has 2 unspecified atom stereocenters. The molecule has 0 aliphatic carbocycles. The molecule has 2 atom stereocenters. The molecule has 1 aliphatic rings. The summed E-state index contributed by atoms with van der Waals surface area (Å²) in [5.74, 6) is 0.811. The Bertz CT molecular complexity index is 175. The molecule has 1 heterocycles. The third-order valence-corrected chi connectivity index (χ3v) is 3.57. The summed E-state index contributed by atoms with van der Waals surface area (Å²) in [6.45, 7) is 8.26. The molecule has 3 nitrogen and oxygen atoms in total. The molecule has 0 aromatic carbocycles. The summed E-state index contributed by atoms with van der Waals surface area (Å²) in [4.78, 5) is 2.57. The van der Waals surface area contributed by atoms with E-state index in [0.29, 0.717) is 6.61 Å². The normalized spacial score (nSPS) is 23.8. The first kappa shape index (κ1) is 13.9. The van der Waals surface area contributed by atoms with Gasteiger partial charge in [-0.3, -0.25) is 4.90 Å². The summed E-state index contributed by atoms with van der Waals surface area (Å²) in [6, 6.07) is 0.762. The van der Waals surface area contributed by atoms with E-state index in [1.54, 1.807) is 0 Å². The molecule has 0 aromatic heterocycles. The third-order valence-electron chi connectivity index (χ3n) is 3.57. The first-order chi connectivity index (χ1) is 7.79. The molecule has 1 rings (SSSR count). The lowest BCUT2D eigenvalue weighted by atomic mass is 9.95. The van der Waals surface area contributed by atoms with E-state index >= 15 is 0 Å². The van der Waals surface area contributed by atoms with Crippen molar-refractivity contribution in [1.29, 1.82) is 0 Å². The highest BCUT2D eigenvalue weighted by Gasteiger charge is 2.28. The van der Waals surface area contributed by atoms with Crippen LogP contribution in [0.2, 0.25) is 0 Å². The van der Waals surface area contributed by atoms with Crippen LogP contribution in [0.15, 0.2) is 0 Å². The minimum absolute atomic E-state index is 0.135.